The van der Waals surface area contributed by atoms with Crippen molar-refractivity contribution in [3.8, 4) is 0 Å². The number of amides is 1. The first kappa shape index (κ1) is 18.5. The van der Waals surface area contributed by atoms with Crippen LogP contribution in [-0.4, -0.2) is 30.7 Å². The van der Waals surface area contributed by atoms with Crippen LogP contribution in [0.25, 0.3) is 0 Å². The number of benzene rings is 1. The molecule has 0 fully saturated rings. The van der Waals surface area contributed by atoms with Gasteiger partial charge in [-0.25, -0.2) is 0 Å². The van der Waals surface area contributed by atoms with E-state index >= 15 is 0 Å². The summed E-state index contributed by atoms with van der Waals surface area (Å²) in [4.78, 5) is 23.9. The maximum atomic E-state index is 12.2. The lowest BCUT2D eigenvalue weighted by Crippen LogP contribution is -2.28. The van der Waals surface area contributed by atoms with E-state index in [1.54, 1.807) is 13.2 Å². The molecule has 5 nitrogen and oxygen atoms in total. The molecule has 2 rings (SSSR count). The third-order valence-corrected chi connectivity index (χ3v) is 4.35. The van der Waals surface area contributed by atoms with Crippen LogP contribution < -0.4 is 10.9 Å². The lowest BCUT2D eigenvalue weighted by atomic mass is 10.1. The van der Waals surface area contributed by atoms with Crippen molar-refractivity contribution < 1.29 is 9.53 Å². The molecular weight excluding hydrogens is 351 g/mol. The number of hydrogen-bond donors (Lipinski definition) is 1. The Morgan fingerprint density at radius 1 is 1.25 bits per heavy atom. The molecule has 0 saturated heterocycles. The monoisotopic (exact) mass is 368 g/mol. The second-order valence-electron chi connectivity index (χ2n) is 5.16. The van der Waals surface area contributed by atoms with Gasteiger partial charge in [-0.1, -0.05) is 35.3 Å². The average Bonchev–Trinajstić information content (AvgIpc) is 2.57. The van der Waals surface area contributed by atoms with Gasteiger partial charge in [-0.15, -0.1) is 0 Å². The standard InChI is InChI=1S/C17H18Cl2N2O3/c1-24-10-9-21-11-13(5-6-15(21)22)17(23)20-8-7-12-3-2-4-14(18)16(12)19/h2-6,11H,7-10H2,1H3,(H,20,23). The van der Waals surface area contributed by atoms with Crippen molar-refractivity contribution >= 4 is 29.1 Å². The van der Waals surface area contributed by atoms with Gasteiger partial charge in [-0.3, -0.25) is 9.59 Å². The second-order valence-corrected chi connectivity index (χ2v) is 5.95. The number of rotatable bonds is 7. The normalized spacial score (nSPS) is 10.6. The van der Waals surface area contributed by atoms with E-state index in [2.05, 4.69) is 5.32 Å². The first-order valence-corrected chi connectivity index (χ1v) is 8.19. The molecule has 0 aliphatic rings. The molecule has 24 heavy (non-hydrogen) atoms. The molecular formula is C17H18Cl2N2O3. The highest BCUT2D eigenvalue weighted by molar-refractivity contribution is 6.42. The van der Waals surface area contributed by atoms with Crippen LogP contribution in [0.3, 0.4) is 0 Å². The zero-order chi connectivity index (χ0) is 17.5. The summed E-state index contributed by atoms with van der Waals surface area (Å²) in [6, 6.07) is 8.28. The predicted octanol–water partition coefficient (Wildman–Crippen LogP) is 2.77. The molecule has 1 amide bonds. The van der Waals surface area contributed by atoms with E-state index < -0.39 is 0 Å². The minimum Gasteiger partial charge on any atom is -0.383 e. The van der Waals surface area contributed by atoms with E-state index in [1.807, 2.05) is 12.1 Å². The predicted molar refractivity (Wildman–Crippen MR) is 95.1 cm³/mol. The van der Waals surface area contributed by atoms with Crippen LogP contribution in [0.2, 0.25) is 10.0 Å². The van der Waals surface area contributed by atoms with Gasteiger partial charge in [0, 0.05) is 32.5 Å². The maximum Gasteiger partial charge on any atom is 0.252 e. The van der Waals surface area contributed by atoms with Crippen molar-refractivity contribution in [2.24, 2.45) is 0 Å². The second kappa shape index (κ2) is 8.87. The highest BCUT2D eigenvalue weighted by Gasteiger charge is 2.09. The van der Waals surface area contributed by atoms with Crippen LogP contribution in [0.4, 0.5) is 0 Å². The number of carbonyl (C=O) groups is 1. The van der Waals surface area contributed by atoms with E-state index in [1.165, 1.54) is 22.9 Å². The van der Waals surface area contributed by atoms with Gasteiger partial charge in [-0.2, -0.15) is 0 Å². The molecule has 0 spiro atoms. The fraction of sp³-hybridized carbons (Fsp3) is 0.294. The van der Waals surface area contributed by atoms with Crippen LogP contribution in [0.15, 0.2) is 41.3 Å². The molecule has 7 heteroatoms. The minimum absolute atomic E-state index is 0.172. The first-order valence-electron chi connectivity index (χ1n) is 7.43. The molecule has 128 valence electrons. The number of hydrogen-bond acceptors (Lipinski definition) is 3. The van der Waals surface area contributed by atoms with Crippen LogP contribution in [0.1, 0.15) is 15.9 Å². The highest BCUT2D eigenvalue weighted by atomic mass is 35.5. The van der Waals surface area contributed by atoms with Gasteiger partial charge in [0.05, 0.1) is 22.2 Å². The third-order valence-electron chi connectivity index (χ3n) is 3.49. The van der Waals surface area contributed by atoms with Crippen molar-refractivity contribution in [3.63, 3.8) is 0 Å². The fourth-order valence-corrected chi connectivity index (χ4v) is 2.60. The quantitative estimate of drug-likeness (QED) is 0.817. The molecule has 0 saturated carbocycles. The lowest BCUT2D eigenvalue weighted by molar-refractivity contribution is 0.0953. The molecule has 1 heterocycles. The van der Waals surface area contributed by atoms with Crippen LogP contribution in [0, 0.1) is 0 Å². The largest absolute Gasteiger partial charge is 0.383 e. The fourth-order valence-electron chi connectivity index (χ4n) is 2.18. The number of nitrogens with zero attached hydrogens (tertiary/aromatic N) is 1. The smallest absolute Gasteiger partial charge is 0.252 e. The van der Waals surface area contributed by atoms with Gasteiger partial charge in [0.15, 0.2) is 0 Å². The molecule has 0 aliphatic heterocycles. The molecule has 0 bridgehead atoms. The molecule has 0 radical (unpaired) electrons. The van der Waals surface area contributed by atoms with Gasteiger partial charge in [0.2, 0.25) is 0 Å². The summed E-state index contributed by atoms with van der Waals surface area (Å²) < 4.78 is 6.40. The van der Waals surface area contributed by atoms with E-state index in [0.717, 1.165) is 5.56 Å². The van der Waals surface area contributed by atoms with Crippen molar-refractivity contribution in [2.75, 3.05) is 20.3 Å². The number of methoxy groups -OCH3 is 1. The summed E-state index contributed by atoms with van der Waals surface area (Å²) in [5, 5.41) is 3.80. The highest BCUT2D eigenvalue weighted by Crippen LogP contribution is 2.25. The van der Waals surface area contributed by atoms with Gasteiger partial charge in [-0.05, 0) is 24.1 Å². The molecule has 2 aromatic rings. The average molecular weight is 369 g/mol. The molecule has 1 aromatic carbocycles. The van der Waals surface area contributed by atoms with Gasteiger partial charge in [0.1, 0.15) is 0 Å². The number of halogens is 2. The topological polar surface area (TPSA) is 60.3 Å². The molecule has 0 atom stereocenters. The Morgan fingerprint density at radius 3 is 2.79 bits per heavy atom. The van der Waals surface area contributed by atoms with E-state index in [-0.39, 0.29) is 11.5 Å². The number of ether oxygens (including phenoxy) is 1. The Bertz CT molecular complexity index is 775. The summed E-state index contributed by atoms with van der Waals surface area (Å²) in [5.74, 6) is -0.251. The number of aromatic nitrogens is 1. The molecule has 0 unspecified atom stereocenters. The van der Waals surface area contributed by atoms with Gasteiger partial charge >= 0.3 is 0 Å². The van der Waals surface area contributed by atoms with Crippen LogP contribution in [0.5, 0.6) is 0 Å². The Hall–Kier alpha value is -1.82. The number of nitrogens with one attached hydrogen (secondary N) is 1. The van der Waals surface area contributed by atoms with E-state index in [9.17, 15) is 9.59 Å². The van der Waals surface area contributed by atoms with Crippen LogP contribution in [-0.2, 0) is 17.7 Å². The van der Waals surface area contributed by atoms with Crippen molar-refractivity contribution in [1.82, 2.24) is 9.88 Å². The van der Waals surface area contributed by atoms with Crippen molar-refractivity contribution in [2.45, 2.75) is 13.0 Å². The molecule has 1 aromatic heterocycles. The summed E-state index contributed by atoms with van der Waals surface area (Å²) in [6.07, 6.45) is 2.09. The Balaban J connectivity index is 1.97. The number of carbonyl (C=O) groups excluding carboxylic acids is 1. The van der Waals surface area contributed by atoms with Gasteiger partial charge in [0.25, 0.3) is 11.5 Å². The summed E-state index contributed by atoms with van der Waals surface area (Å²) >= 11 is 12.1. The first-order chi connectivity index (χ1) is 11.5. The summed E-state index contributed by atoms with van der Waals surface area (Å²) in [7, 11) is 1.56. The van der Waals surface area contributed by atoms with Crippen molar-refractivity contribution in [1.29, 1.82) is 0 Å². The van der Waals surface area contributed by atoms with E-state index in [0.29, 0.717) is 41.7 Å². The Labute approximate surface area is 150 Å². The zero-order valence-electron chi connectivity index (χ0n) is 13.2. The van der Waals surface area contributed by atoms with Gasteiger partial charge < -0.3 is 14.6 Å². The zero-order valence-corrected chi connectivity index (χ0v) is 14.7. The lowest BCUT2D eigenvalue weighted by Gasteiger charge is -2.09. The molecule has 0 aliphatic carbocycles. The third kappa shape index (κ3) is 4.84. The van der Waals surface area contributed by atoms with Crippen LogP contribution >= 0.6 is 23.2 Å². The summed E-state index contributed by atoms with van der Waals surface area (Å²) in [6.45, 7) is 1.21. The maximum absolute atomic E-state index is 12.2. The number of pyridine rings is 1. The Kier molecular flexibility index (Phi) is 6.85. The van der Waals surface area contributed by atoms with E-state index in [4.69, 9.17) is 27.9 Å². The summed E-state index contributed by atoms with van der Waals surface area (Å²) in [5.41, 5.74) is 1.12. The molecule has 1 N–H and O–H groups in total. The minimum atomic E-state index is -0.251. The SMILES string of the molecule is COCCn1cc(C(=O)NCCc2cccc(Cl)c2Cl)ccc1=O. The Morgan fingerprint density at radius 2 is 2.04 bits per heavy atom. The van der Waals surface area contributed by atoms with Crippen molar-refractivity contribution in [3.05, 3.63) is 68.1 Å².